The van der Waals surface area contributed by atoms with Crippen LogP contribution in [-0.4, -0.2) is 34.3 Å². The second-order valence-corrected chi connectivity index (χ2v) is 4.65. The molecule has 1 aromatic heterocycles. The van der Waals surface area contributed by atoms with Crippen LogP contribution in [0.25, 0.3) is 11.0 Å². The number of carbonyl (C=O) groups is 1. The Bertz CT molecular complexity index is 775. The van der Waals surface area contributed by atoms with Gasteiger partial charge in [0.2, 0.25) is 0 Å². The van der Waals surface area contributed by atoms with Gasteiger partial charge in [0.1, 0.15) is 0 Å². The van der Waals surface area contributed by atoms with Crippen LogP contribution in [0.4, 0.5) is 0 Å². The minimum Gasteiger partial charge on any atom is -0.478 e. The number of methoxy groups -OCH3 is 1. The van der Waals surface area contributed by atoms with Crippen molar-refractivity contribution < 1.29 is 14.6 Å². The molecule has 0 amide bonds. The largest absolute Gasteiger partial charge is 0.478 e. The van der Waals surface area contributed by atoms with Crippen molar-refractivity contribution in [1.29, 1.82) is 0 Å². The molecule has 7 heteroatoms. The Hall–Kier alpha value is -2.41. The maximum absolute atomic E-state index is 12.0. The van der Waals surface area contributed by atoms with Gasteiger partial charge in [-0.2, -0.15) is 0 Å². The van der Waals surface area contributed by atoms with E-state index < -0.39 is 17.1 Å². The SMILES string of the molecule is COCCCCn1c(=O)c(=O)[nH]c2ccc(C(=O)O)cc21. The first kappa shape index (κ1) is 15.0. The van der Waals surface area contributed by atoms with Crippen LogP contribution < -0.4 is 11.1 Å². The Morgan fingerprint density at radius 1 is 1.33 bits per heavy atom. The lowest BCUT2D eigenvalue weighted by molar-refractivity contribution is 0.0697. The fraction of sp³-hybridized carbons (Fsp3) is 0.357. The molecule has 0 aliphatic carbocycles. The minimum atomic E-state index is -1.08. The number of rotatable bonds is 6. The van der Waals surface area contributed by atoms with Crippen molar-refractivity contribution in [2.75, 3.05) is 13.7 Å². The fourth-order valence-corrected chi connectivity index (χ4v) is 2.14. The van der Waals surface area contributed by atoms with Crippen LogP contribution >= 0.6 is 0 Å². The molecule has 21 heavy (non-hydrogen) atoms. The second-order valence-electron chi connectivity index (χ2n) is 4.65. The van der Waals surface area contributed by atoms with Crippen LogP contribution in [0, 0.1) is 0 Å². The van der Waals surface area contributed by atoms with Crippen LogP contribution in [-0.2, 0) is 11.3 Å². The van der Waals surface area contributed by atoms with Crippen LogP contribution in [0.15, 0.2) is 27.8 Å². The van der Waals surface area contributed by atoms with E-state index in [-0.39, 0.29) is 5.56 Å². The first-order valence-corrected chi connectivity index (χ1v) is 6.53. The van der Waals surface area contributed by atoms with Gasteiger partial charge in [-0.15, -0.1) is 0 Å². The number of nitrogens with zero attached hydrogens (tertiary/aromatic N) is 1. The molecule has 0 spiro atoms. The van der Waals surface area contributed by atoms with Crippen LogP contribution in [0.5, 0.6) is 0 Å². The topological polar surface area (TPSA) is 101 Å². The Morgan fingerprint density at radius 2 is 2.10 bits per heavy atom. The number of benzene rings is 1. The molecule has 0 atom stereocenters. The van der Waals surface area contributed by atoms with Crippen LogP contribution in [0.1, 0.15) is 23.2 Å². The van der Waals surface area contributed by atoms with Crippen molar-refractivity contribution in [3.05, 3.63) is 44.5 Å². The van der Waals surface area contributed by atoms with Crippen molar-refractivity contribution in [3.63, 3.8) is 0 Å². The molecule has 0 radical (unpaired) electrons. The summed E-state index contributed by atoms with van der Waals surface area (Å²) in [4.78, 5) is 37.1. The predicted octanol–water partition coefficient (Wildman–Crippen LogP) is 0.815. The monoisotopic (exact) mass is 292 g/mol. The number of carboxylic acids is 1. The molecule has 2 rings (SSSR count). The number of H-pyrrole nitrogens is 1. The summed E-state index contributed by atoms with van der Waals surface area (Å²) < 4.78 is 6.25. The lowest BCUT2D eigenvalue weighted by atomic mass is 10.2. The van der Waals surface area contributed by atoms with Gasteiger partial charge in [0.05, 0.1) is 16.6 Å². The van der Waals surface area contributed by atoms with Crippen molar-refractivity contribution in [2.45, 2.75) is 19.4 Å². The van der Waals surface area contributed by atoms with Crippen molar-refractivity contribution >= 4 is 17.0 Å². The molecule has 0 saturated carbocycles. The smallest absolute Gasteiger partial charge is 0.335 e. The lowest BCUT2D eigenvalue weighted by Crippen LogP contribution is -2.36. The van der Waals surface area contributed by atoms with Gasteiger partial charge in [0.25, 0.3) is 0 Å². The molecule has 0 aliphatic rings. The molecule has 0 aliphatic heterocycles. The van der Waals surface area contributed by atoms with Crippen molar-refractivity contribution in [2.24, 2.45) is 0 Å². The third kappa shape index (κ3) is 3.19. The highest BCUT2D eigenvalue weighted by molar-refractivity contribution is 5.92. The summed E-state index contributed by atoms with van der Waals surface area (Å²) in [6.07, 6.45) is 1.40. The van der Waals surface area contributed by atoms with Crippen molar-refractivity contribution in [3.8, 4) is 0 Å². The third-order valence-electron chi connectivity index (χ3n) is 3.20. The van der Waals surface area contributed by atoms with E-state index in [1.54, 1.807) is 7.11 Å². The van der Waals surface area contributed by atoms with E-state index in [2.05, 4.69) is 4.98 Å². The summed E-state index contributed by atoms with van der Waals surface area (Å²) in [5.41, 5.74) is -0.465. The normalized spacial score (nSPS) is 10.9. The molecule has 1 aromatic carbocycles. The minimum absolute atomic E-state index is 0.0691. The third-order valence-corrected chi connectivity index (χ3v) is 3.20. The standard InChI is InChI=1S/C14H16N2O5/c1-21-7-3-2-6-16-11-8-9(14(19)20)4-5-10(11)15-12(17)13(16)18/h4-5,8H,2-3,6-7H2,1H3,(H,15,17)(H,19,20). The fourth-order valence-electron chi connectivity index (χ4n) is 2.14. The average Bonchev–Trinajstić information content (AvgIpc) is 2.46. The molecular formula is C14H16N2O5. The molecule has 0 unspecified atom stereocenters. The number of aryl methyl sites for hydroxylation is 1. The van der Waals surface area contributed by atoms with E-state index in [0.717, 1.165) is 6.42 Å². The van der Waals surface area contributed by atoms with E-state index in [4.69, 9.17) is 9.84 Å². The number of fused-ring (bicyclic) bond motifs is 1. The maximum Gasteiger partial charge on any atom is 0.335 e. The number of nitrogens with one attached hydrogen (secondary N) is 1. The predicted molar refractivity (Wildman–Crippen MR) is 76.9 cm³/mol. The molecule has 1 heterocycles. The van der Waals surface area contributed by atoms with Gasteiger partial charge in [0, 0.05) is 20.3 Å². The van der Waals surface area contributed by atoms with Gasteiger partial charge in [-0.05, 0) is 31.0 Å². The number of aromatic amines is 1. The van der Waals surface area contributed by atoms with Gasteiger partial charge in [-0.25, -0.2) is 4.79 Å². The quantitative estimate of drug-likeness (QED) is 0.606. The molecule has 0 bridgehead atoms. The highest BCUT2D eigenvalue weighted by atomic mass is 16.5. The number of aromatic nitrogens is 2. The summed E-state index contributed by atoms with van der Waals surface area (Å²) >= 11 is 0. The average molecular weight is 292 g/mol. The number of carboxylic acid groups (broad SMARTS) is 1. The van der Waals surface area contributed by atoms with Gasteiger partial charge in [-0.1, -0.05) is 0 Å². The summed E-state index contributed by atoms with van der Waals surface area (Å²) in [5.74, 6) is -1.08. The Morgan fingerprint density at radius 3 is 2.76 bits per heavy atom. The number of ether oxygens (including phenoxy) is 1. The zero-order chi connectivity index (χ0) is 15.4. The molecule has 0 saturated heterocycles. The number of hydrogen-bond donors (Lipinski definition) is 2. The van der Waals surface area contributed by atoms with E-state index in [1.165, 1.54) is 22.8 Å². The zero-order valence-corrected chi connectivity index (χ0v) is 11.6. The van der Waals surface area contributed by atoms with E-state index in [1.807, 2.05) is 0 Å². The zero-order valence-electron chi connectivity index (χ0n) is 11.6. The Kier molecular flexibility index (Phi) is 4.54. The summed E-state index contributed by atoms with van der Waals surface area (Å²) in [6.45, 7) is 0.905. The van der Waals surface area contributed by atoms with E-state index in [9.17, 15) is 14.4 Å². The second kappa shape index (κ2) is 6.36. The van der Waals surface area contributed by atoms with Crippen molar-refractivity contribution in [1.82, 2.24) is 9.55 Å². The summed E-state index contributed by atoms with van der Waals surface area (Å²) in [6, 6.07) is 4.27. The van der Waals surface area contributed by atoms with Gasteiger partial charge < -0.3 is 19.4 Å². The van der Waals surface area contributed by atoms with Gasteiger partial charge in [0.15, 0.2) is 0 Å². The van der Waals surface area contributed by atoms with Gasteiger partial charge in [-0.3, -0.25) is 9.59 Å². The summed E-state index contributed by atoms with van der Waals surface area (Å²) in [5, 5.41) is 9.03. The molecule has 0 fully saturated rings. The highest BCUT2D eigenvalue weighted by Gasteiger charge is 2.10. The number of aromatic carboxylic acids is 1. The highest BCUT2D eigenvalue weighted by Crippen LogP contribution is 2.12. The molecular weight excluding hydrogens is 276 g/mol. The number of unbranched alkanes of at least 4 members (excludes halogenated alkanes) is 1. The Labute approximate surface area is 119 Å². The number of hydrogen-bond acceptors (Lipinski definition) is 4. The molecule has 2 N–H and O–H groups in total. The summed E-state index contributed by atoms with van der Waals surface area (Å²) in [7, 11) is 1.59. The van der Waals surface area contributed by atoms with Crippen LogP contribution in [0.3, 0.4) is 0 Å². The molecule has 7 nitrogen and oxygen atoms in total. The van der Waals surface area contributed by atoms with E-state index >= 15 is 0 Å². The van der Waals surface area contributed by atoms with Gasteiger partial charge >= 0.3 is 17.1 Å². The van der Waals surface area contributed by atoms with Crippen LogP contribution in [0.2, 0.25) is 0 Å². The lowest BCUT2D eigenvalue weighted by Gasteiger charge is -2.10. The van der Waals surface area contributed by atoms with E-state index in [0.29, 0.717) is 30.6 Å². The molecule has 112 valence electrons. The molecule has 2 aromatic rings. The Balaban J connectivity index is 2.50. The first-order chi connectivity index (χ1) is 10.0. The maximum atomic E-state index is 12.0. The first-order valence-electron chi connectivity index (χ1n) is 6.53.